The van der Waals surface area contributed by atoms with Crippen molar-refractivity contribution in [1.29, 1.82) is 0 Å². The van der Waals surface area contributed by atoms with Crippen LogP contribution in [0.1, 0.15) is 126 Å². The van der Waals surface area contributed by atoms with Crippen molar-refractivity contribution in [1.82, 2.24) is 0 Å². The summed E-state index contributed by atoms with van der Waals surface area (Å²) < 4.78 is 12.6. The Morgan fingerprint density at radius 1 is 0.688 bits per heavy atom. The molecule has 5 rings (SSSR count). The van der Waals surface area contributed by atoms with Gasteiger partial charge in [0.05, 0.1) is 14.2 Å². The first-order chi connectivity index (χ1) is 23.1. The van der Waals surface area contributed by atoms with Crippen molar-refractivity contribution in [3.63, 3.8) is 0 Å². The number of nitrogens with two attached hydrogens (primary N) is 1. The Kier molecular flexibility index (Phi) is 18.8. The van der Waals surface area contributed by atoms with Crippen LogP contribution < -0.4 is 20.5 Å². The SMILES string of the molecule is CCCc1cc(CCC)c(-c2c(OC)ccc(OC)c2P(C2CCCCC2)C2CCCCC2)c(CCC)c1.NCCc1[c-]cccc1.[Pd]. The molecule has 2 fully saturated rings. The standard InChI is InChI=1S/C35H53O2P.C8H10N.Pd/c1-6-15-26-24-27(16-7-2)33(28(25-26)17-8-3)34-31(36-4)22-23-32(37-5)35(34)38(29-18-11-9-12-19-29)30-20-13-10-14-21-30;9-7-6-8-4-2-1-3-5-8;/h22-25,29-30H,6-21H2,1-5H3;1-4H,6-7,9H2;/q;-1;. The number of methoxy groups -OCH3 is 2. The summed E-state index contributed by atoms with van der Waals surface area (Å²) in [5.41, 5.74) is 15.6. The molecule has 0 bridgehead atoms. The van der Waals surface area contributed by atoms with Crippen LogP contribution in [0.5, 0.6) is 11.5 Å². The Morgan fingerprint density at radius 2 is 1.23 bits per heavy atom. The molecule has 5 heteroatoms. The summed E-state index contributed by atoms with van der Waals surface area (Å²) in [7, 11) is 3.43. The van der Waals surface area contributed by atoms with Gasteiger partial charge in [0, 0.05) is 31.3 Å². The van der Waals surface area contributed by atoms with Crippen LogP contribution in [0, 0.1) is 6.07 Å². The number of hydrogen-bond donors (Lipinski definition) is 1. The topological polar surface area (TPSA) is 44.5 Å². The molecule has 2 saturated carbocycles. The molecule has 3 aromatic carbocycles. The maximum atomic E-state index is 6.29. The molecule has 0 saturated heterocycles. The second-order valence-electron chi connectivity index (χ2n) is 13.7. The maximum Gasteiger partial charge on any atom is 0.127 e. The molecular formula is C43H63NO2PPd-. The summed E-state index contributed by atoms with van der Waals surface area (Å²) in [4.78, 5) is 0. The zero-order valence-corrected chi connectivity index (χ0v) is 33.1. The van der Waals surface area contributed by atoms with Crippen LogP contribution in [0.15, 0.2) is 48.5 Å². The van der Waals surface area contributed by atoms with Gasteiger partial charge < -0.3 is 15.2 Å². The summed E-state index contributed by atoms with van der Waals surface area (Å²) in [6.07, 6.45) is 21.8. The number of hydrogen-bond acceptors (Lipinski definition) is 3. The van der Waals surface area contributed by atoms with Gasteiger partial charge in [-0.15, -0.1) is 0 Å². The summed E-state index contributed by atoms with van der Waals surface area (Å²) >= 11 is 0. The van der Waals surface area contributed by atoms with Gasteiger partial charge in [-0.05, 0) is 104 Å². The minimum Gasteiger partial charge on any atom is -0.496 e. The fourth-order valence-electron chi connectivity index (χ4n) is 8.04. The van der Waals surface area contributed by atoms with Gasteiger partial charge in [0.2, 0.25) is 0 Å². The van der Waals surface area contributed by atoms with Gasteiger partial charge in [-0.2, -0.15) is 35.9 Å². The molecule has 3 aromatic rings. The number of ether oxygens (including phenoxy) is 2. The fourth-order valence-corrected chi connectivity index (χ4v) is 12.1. The van der Waals surface area contributed by atoms with Gasteiger partial charge in [0.1, 0.15) is 11.5 Å². The van der Waals surface area contributed by atoms with Crippen LogP contribution in [0.3, 0.4) is 0 Å². The second kappa shape index (κ2) is 22.2. The van der Waals surface area contributed by atoms with Crippen molar-refractivity contribution in [2.24, 2.45) is 5.73 Å². The zero-order chi connectivity index (χ0) is 33.4. The predicted molar refractivity (Wildman–Crippen MR) is 205 cm³/mol. The van der Waals surface area contributed by atoms with Crippen molar-refractivity contribution >= 4 is 13.2 Å². The second-order valence-corrected chi connectivity index (χ2v) is 16.4. The van der Waals surface area contributed by atoms with Crippen molar-refractivity contribution in [3.8, 4) is 22.6 Å². The molecule has 0 aromatic heterocycles. The Bertz CT molecular complexity index is 1290. The van der Waals surface area contributed by atoms with Crippen LogP contribution in [0.4, 0.5) is 0 Å². The van der Waals surface area contributed by atoms with E-state index in [0.29, 0.717) is 6.54 Å². The van der Waals surface area contributed by atoms with Gasteiger partial charge in [0.15, 0.2) is 0 Å². The molecule has 0 amide bonds. The van der Waals surface area contributed by atoms with Gasteiger partial charge in [-0.25, -0.2) is 0 Å². The number of rotatable bonds is 14. The molecule has 0 heterocycles. The van der Waals surface area contributed by atoms with Gasteiger partial charge >= 0.3 is 0 Å². The average Bonchev–Trinajstić information content (AvgIpc) is 3.11. The van der Waals surface area contributed by atoms with Gasteiger partial charge in [-0.3, -0.25) is 0 Å². The molecular weight excluding hydrogens is 700 g/mol. The van der Waals surface area contributed by atoms with Crippen molar-refractivity contribution in [2.45, 2.75) is 141 Å². The van der Waals surface area contributed by atoms with Crippen LogP contribution in [-0.4, -0.2) is 32.1 Å². The molecule has 0 spiro atoms. The number of benzene rings is 3. The van der Waals surface area contributed by atoms with E-state index < -0.39 is 0 Å². The normalized spacial score (nSPS) is 15.4. The first-order valence-electron chi connectivity index (χ1n) is 18.9. The first kappa shape index (κ1) is 40.7. The minimum atomic E-state index is -0.348. The smallest absolute Gasteiger partial charge is 0.127 e. The number of aryl methyl sites for hydroxylation is 3. The summed E-state index contributed by atoms with van der Waals surface area (Å²) in [6.45, 7) is 7.67. The van der Waals surface area contributed by atoms with E-state index in [9.17, 15) is 0 Å². The first-order valence-corrected chi connectivity index (χ1v) is 20.4. The quantitative estimate of drug-likeness (QED) is 0.101. The van der Waals surface area contributed by atoms with Crippen molar-refractivity contribution < 1.29 is 29.9 Å². The van der Waals surface area contributed by atoms with Crippen LogP contribution in [-0.2, 0) is 46.1 Å². The van der Waals surface area contributed by atoms with E-state index in [0.717, 1.165) is 61.3 Å². The van der Waals surface area contributed by atoms with E-state index in [1.165, 1.54) is 104 Å². The van der Waals surface area contributed by atoms with E-state index in [-0.39, 0.29) is 28.3 Å². The van der Waals surface area contributed by atoms with Crippen LogP contribution in [0.2, 0.25) is 0 Å². The molecule has 0 radical (unpaired) electrons. The molecule has 0 unspecified atom stereocenters. The minimum absolute atomic E-state index is 0. The predicted octanol–water partition coefficient (Wildman–Crippen LogP) is 11.0. The third-order valence-corrected chi connectivity index (χ3v) is 13.7. The molecule has 0 atom stereocenters. The third kappa shape index (κ3) is 10.9. The molecule has 2 aliphatic carbocycles. The average molecular weight is 763 g/mol. The molecule has 2 aliphatic rings. The Labute approximate surface area is 309 Å². The van der Waals surface area contributed by atoms with E-state index in [4.69, 9.17) is 15.2 Å². The van der Waals surface area contributed by atoms with E-state index in [2.05, 4.69) is 51.1 Å². The van der Waals surface area contributed by atoms with Gasteiger partial charge in [-0.1, -0.05) is 98.6 Å². The van der Waals surface area contributed by atoms with E-state index in [1.807, 2.05) is 38.5 Å². The Hall–Kier alpha value is -1.69. The summed E-state index contributed by atoms with van der Waals surface area (Å²) in [6, 6.07) is 20.5. The van der Waals surface area contributed by atoms with Crippen molar-refractivity contribution in [3.05, 3.63) is 76.9 Å². The van der Waals surface area contributed by atoms with Gasteiger partial charge in [0.25, 0.3) is 0 Å². The Morgan fingerprint density at radius 3 is 1.69 bits per heavy atom. The summed E-state index contributed by atoms with van der Waals surface area (Å²) in [5, 5.41) is 1.54. The fraction of sp³-hybridized carbons (Fsp3) is 0.581. The van der Waals surface area contributed by atoms with Crippen LogP contribution >= 0.6 is 7.92 Å². The molecule has 0 aliphatic heterocycles. The molecule has 48 heavy (non-hydrogen) atoms. The van der Waals surface area contributed by atoms with Crippen LogP contribution in [0.25, 0.3) is 11.1 Å². The largest absolute Gasteiger partial charge is 0.496 e. The summed E-state index contributed by atoms with van der Waals surface area (Å²) in [5.74, 6) is 2.17. The third-order valence-electron chi connectivity index (χ3n) is 10.1. The van der Waals surface area contributed by atoms with E-state index >= 15 is 0 Å². The molecule has 268 valence electrons. The Balaban J connectivity index is 0.000000541. The molecule has 2 N–H and O–H groups in total. The molecule has 3 nitrogen and oxygen atoms in total. The van der Waals surface area contributed by atoms with E-state index in [1.54, 1.807) is 5.30 Å². The zero-order valence-electron chi connectivity index (χ0n) is 30.7. The maximum absolute atomic E-state index is 6.29. The monoisotopic (exact) mass is 762 g/mol. The van der Waals surface area contributed by atoms with Crippen molar-refractivity contribution in [2.75, 3.05) is 20.8 Å².